The molecule has 1 aliphatic heterocycles. The van der Waals surface area contributed by atoms with Gasteiger partial charge < -0.3 is 19.1 Å². The van der Waals surface area contributed by atoms with Crippen LogP contribution < -0.4 is 9.47 Å². The van der Waals surface area contributed by atoms with Crippen LogP contribution in [0.15, 0.2) is 35.7 Å². The molecule has 0 saturated heterocycles. The van der Waals surface area contributed by atoms with Gasteiger partial charge in [0.25, 0.3) is 0 Å². The van der Waals surface area contributed by atoms with Crippen molar-refractivity contribution in [3.63, 3.8) is 0 Å². The summed E-state index contributed by atoms with van der Waals surface area (Å²) in [5.41, 5.74) is 4.36. The van der Waals surface area contributed by atoms with Crippen molar-refractivity contribution in [1.29, 1.82) is 0 Å². The van der Waals surface area contributed by atoms with Crippen molar-refractivity contribution < 1.29 is 19.4 Å². The van der Waals surface area contributed by atoms with Gasteiger partial charge in [0.1, 0.15) is 5.69 Å². The molecule has 0 radical (unpaired) electrons. The Kier molecular flexibility index (Phi) is 4.44. The van der Waals surface area contributed by atoms with Crippen LogP contribution in [0.2, 0.25) is 0 Å². The Balaban J connectivity index is 1.97. The number of thiophene rings is 1. The minimum atomic E-state index is -0.908. The summed E-state index contributed by atoms with van der Waals surface area (Å²) in [7, 11) is 1.64. The Morgan fingerprint density at radius 2 is 2.04 bits per heavy atom. The molecule has 0 fully saturated rings. The second kappa shape index (κ2) is 6.78. The summed E-state index contributed by atoms with van der Waals surface area (Å²) in [5.74, 6) is 0.475. The number of benzene rings is 1. The van der Waals surface area contributed by atoms with Crippen LogP contribution >= 0.6 is 11.3 Å². The zero-order valence-electron chi connectivity index (χ0n) is 15.5. The minimum Gasteiger partial charge on any atom is -0.493 e. The fraction of sp³-hybridized carbons (Fsp3) is 0.286. The van der Waals surface area contributed by atoms with Crippen molar-refractivity contribution >= 4 is 17.3 Å². The maximum Gasteiger partial charge on any atom is 0.352 e. The van der Waals surface area contributed by atoms with Gasteiger partial charge in [0, 0.05) is 22.5 Å². The Bertz CT molecular complexity index is 1000. The molecule has 3 aromatic rings. The smallest absolute Gasteiger partial charge is 0.352 e. The number of carboxylic acid groups (broad SMARTS) is 1. The highest BCUT2D eigenvalue weighted by Gasteiger charge is 2.28. The number of nitrogens with zero attached hydrogens (tertiary/aromatic N) is 1. The van der Waals surface area contributed by atoms with Gasteiger partial charge in [-0.25, -0.2) is 4.79 Å². The molecule has 0 aliphatic carbocycles. The Morgan fingerprint density at radius 1 is 1.22 bits per heavy atom. The van der Waals surface area contributed by atoms with Crippen LogP contribution in [0.3, 0.4) is 0 Å². The molecule has 3 heterocycles. The predicted molar refractivity (Wildman–Crippen MR) is 106 cm³/mol. The molecule has 5 nitrogen and oxygen atoms in total. The molecule has 1 aromatic carbocycles. The summed E-state index contributed by atoms with van der Waals surface area (Å²) in [4.78, 5) is 12.9. The van der Waals surface area contributed by atoms with Gasteiger partial charge in [0.2, 0.25) is 0 Å². The Labute approximate surface area is 161 Å². The summed E-state index contributed by atoms with van der Waals surface area (Å²) in [6.07, 6.45) is 0.762. The number of carboxylic acids is 1. The molecule has 0 unspecified atom stereocenters. The maximum absolute atomic E-state index is 11.8. The lowest BCUT2D eigenvalue weighted by molar-refractivity contribution is 0.0685. The van der Waals surface area contributed by atoms with Crippen LogP contribution in [-0.4, -0.2) is 28.9 Å². The number of rotatable bonds is 5. The van der Waals surface area contributed by atoms with Crippen LogP contribution in [-0.2, 0) is 13.0 Å². The van der Waals surface area contributed by atoms with E-state index in [1.165, 1.54) is 0 Å². The van der Waals surface area contributed by atoms with E-state index in [1.807, 2.05) is 48.1 Å². The summed E-state index contributed by atoms with van der Waals surface area (Å²) in [6.45, 7) is 4.57. The van der Waals surface area contributed by atoms with E-state index < -0.39 is 5.97 Å². The second-order valence-corrected chi connectivity index (χ2v) is 7.75. The number of methoxy groups -OCH3 is 1. The standard InChI is InChI=1S/C21H21NO4S/c1-12(2)26-18-11-14-13(9-17(18)25-3)6-7-22-16(21(23)24)10-15(20(14)22)19-5-4-8-27-19/h4-5,8-12H,6-7H2,1-3H3,(H,23,24). The number of carbonyl (C=O) groups is 1. The highest BCUT2D eigenvalue weighted by molar-refractivity contribution is 7.13. The topological polar surface area (TPSA) is 60.7 Å². The molecule has 4 rings (SSSR count). The van der Waals surface area contributed by atoms with Crippen molar-refractivity contribution in [3.8, 4) is 33.2 Å². The third-order valence-corrected chi connectivity index (χ3v) is 5.62. The average molecular weight is 383 g/mol. The SMILES string of the molecule is COc1cc2c(cc1OC(C)C)-c1c(-c3cccs3)cc(C(=O)O)n1CC2. The van der Waals surface area contributed by atoms with Crippen molar-refractivity contribution in [2.45, 2.75) is 32.9 Å². The maximum atomic E-state index is 11.8. The number of ether oxygens (including phenoxy) is 2. The van der Waals surface area contributed by atoms with E-state index in [1.54, 1.807) is 24.5 Å². The monoisotopic (exact) mass is 383 g/mol. The van der Waals surface area contributed by atoms with Crippen LogP contribution in [0.25, 0.3) is 21.7 Å². The van der Waals surface area contributed by atoms with Crippen LogP contribution in [0.5, 0.6) is 11.5 Å². The number of aromatic nitrogens is 1. The molecule has 0 amide bonds. The normalized spacial score (nSPS) is 12.6. The number of hydrogen-bond donors (Lipinski definition) is 1. The number of aromatic carboxylic acids is 1. The van der Waals surface area contributed by atoms with Gasteiger partial charge in [-0.15, -0.1) is 11.3 Å². The summed E-state index contributed by atoms with van der Waals surface area (Å²) >= 11 is 1.61. The molecule has 140 valence electrons. The average Bonchev–Trinajstić information content (AvgIpc) is 3.28. The van der Waals surface area contributed by atoms with E-state index in [4.69, 9.17) is 9.47 Å². The van der Waals surface area contributed by atoms with Gasteiger partial charge in [-0.2, -0.15) is 0 Å². The molecule has 0 bridgehead atoms. The van der Waals surface area contributed by atoms with Crippen LogP contribution in [0.4, 0.5) is 0 Å². The van der Waals surface area contributed by atoms with Gasteiger partial charge in [-0.1, -0.05) is 6.07 Å². The quantitative estimate of drug-likeness (QED) is 0.678. The molecule has 0 spiro atoms. The highest BCUT2D eigenvalue weighted by Crippen LogP contribution is 2.45. The molecule has 2 aromatic heterocycles. The van der Waals surface area contributed by atoms with Crippen LogP contribution in [0.1, 0.15) is 29.9 Å². The van der Waals surface area contributed by atoms with E-state index in [0.29, 0.717) is 23.7 Å². The minimum absolute atomic E-state index is 0.0127. The van der Waals surface area contributed by atoms with E-state index in [2.05, 4.69) is 0 Å². The zero-order valence-corrected chi connectivity index (χ0v) is 16.3. The van der Waals surface area contributed by atoms with Gasteiger partial charge in [-0.05, 0) is 55.5 Å². The van der Waals surface area contributed by atoms with Crippen molar-refractivity contribution in [3.05, 3.63) is 47.0 Å². The van der Waals surface area contributed by atoms with Crippen molar-refractivity contribution in [1.82, 2.24) is 4.57 Å². The Morgan fingerprint density at radius 3 is 2.67 bits per heavy atom. The second-order valence-electron chi connectivity index (χ2n) is 6.80. The predicted octanol–water partition coefficient (Wildman–Crippen LogP) is 4.93. The molecule has 6 heteroatoms. The number of aryl methyl sites for hydroxylation is 1. The first kappa shape index (κ1) is 17.7. The van der Waals surface area contributed by atoms with E-state index in [0.717, 1.165) is 33.7 Å². The van der Waals surface area contributed by atoms with Crippen molar-refractivity contribution in [2.75, 3.05) is 7.11 Å². The van der Waals surface area contributed by atoms with Gasteiger partial charge in [0.15, 0.2) is 11.5 Å². The third kappa shape index (κ3) is 3.00. The van der Waals surface area contributed by atoms with Crippen LogP contribution in [0, 0.1) is 0 Å². The fourth-order valence-electron chi connectivity index (χ4n) is 3.64. The molecule has 1 N–H and O–H groups in total. The summed E-state index contributed by atoms with van der Waals surface area (Å²) < 4.78 is 13.4. The van der Waals surface area contributed by atoms with E-state index in [9.17, 15) is 9.90 Å². The molecule has 0 atom stereocenters. The zero-order chi connectivity index (χ0) is 19.1. The Hall–Kier alpha value is -2.73. The molecular weight excluding hydrogens is 362 g/mol. The lowest BCUT2D eigenvalue weighted by Gasteiger charge is -2.24. The highest BCUT2D eigenvalue weighted by atomic mass is 32.1. The lowest BCUT2D eigenvalue weighted by atomic mass is 9.95. The number of fused-ring (bicyclic) bond motifs is 3. The van der Waals surface area contributed by atoms with Gasteiger partial charge >= 0.3 is 5.97 Å². The largest absolute Gasteiger partial charge is 0.493 e. The fourth-order valence-corrected chi connectivity index (χ4v) is 4.38. The molecule has 1 aliphatic rings. The number of hydrogen-bond acceptors (Lipinski definition) is 4. The molecule has 27 heavy (non-hydrogen) atoms. The van der Waals surface area contributed by atoms with Gasteiger partial charge in [-0.3, -0.25) is 0 Å². The summed E-state index contributed by atoms with van der Waals surface area (Å²) in [5, 5.41) is 11.7. The molecule has 0 saturated carbocycles. The van der Waals surface area contributed by atoms with Gasteiger partial charge in [0.05, 0.1) is 18.9 Å². The third-order valence-electron chi connectivity index (χ3n) is 4.71. The van der Waals surface area contributed by atoms with Crippen molar-refractivity contribution in [2.24, 2.45) is 0 Å². The first-order chi connectivity index (χ1) is 13.0. The lowest BCUT2D eigenvalue weighted by Crippen LogP contribution is -2.16. The first-order valence-corrected chi connectivity index (χ1v) is 9.76. The molecular formula is C21H21NO4S. The summed E-state index contributed by atoms with van der Waals surface area (Å²) in [6, 6.07) is 9.79. The van der Waals surface area contributed by atoms with E-state index in [-0.39, 0.29) is 6.10 Å². The van der Waals surface area contributed by atoms with E-state index >= 15 is 0 Å². The first-order valence-electron chi connectivity index (χ1n) is 8.88.